The lowest BCUT2D eigenvalue weighted by atomic mass is 10.2. The maximum atomic E-state index is 5.85. The molecule has 0 atom stereocenters. The van der Waals surface area contributed by atoms with Crippen LogP contribution in [0.25, 0.3) is 0 Å². The second kappa shape index (κ2) is 5.34. The molecule has 2 nitrogen and oxygen atoms in total. The minimum Gasteiger partial charge on any atom is -0.399 e. The summed E-state index contributed by atoms with van der Waals surface area (Å²) in [6, 6.07) is 11.9. The number of hydrogen-bond acceptors (Lipinski definition) is 3. The summed E-state index contributed by atoms with van der Waals surface area (Å²) in [5, 5.41) is 3.35. The summed E-state index contributed by atoms with van der Waals surface area (Å²) < 4.78 is 0.834. The summed E-state index contributed by atoms with van der Waals surface area (Å²) in [4.78, 5) is 1.24. The number of nitrogens with one attached hydrogen (secondary N) is 1. The van der Waals surface area contributed by atoms with Gasteiger partial charge in [-0.15, -0.1) is 11.3 Å². The summed E-state index contributed by atoms with van der Waals surface area (Å²) in [7, 11) is 0. The molecule has 4 heteroatoms. The molecule has 1 aromatic carbocycles. The molecule has 84 valence electrons. The molecule has 0 saturated heterocycles. The van der Waals surface area contributed by atoms with E-state index in [1.807, 2.05) is 30.3 Å². The number of anilines is 1. The molecule has 0 spiro atoms. The monoisotopic (exact) mass is 252 g/mol. The van der Waals surface area contributed by atoms with E-state index in [2.05, 4.69) is 11.4 Å². The molecular weight excluding hydrogens is 240 g/mol. The van der Waals surface area contributed by atoms with Crippen molar-refractivity contribution in [3.63, 3.8) is 0 Å². The fourth-order valence-corrected chi connectivity index (χ4v) is 2.54. The molecule has 1 aromatic heterocycles. The van der Waals surface area contributed by atoms with Crippen LogP contribution in [-0.4, -0.2) is 0 Å². The molecule has 0 unspecified atom stereocenters. The Balaban J connectivity index is 1.84. The Morgan fingerprint density at radius 2 is 2.06 bits per heavy atom. The van der Waals surface area contributed by atoms with Crippen molar-refractivity contribution in [3.8, 4) is 0 Å². The second-order valence-electron chi connectivity index (χ2n) is 3.55. The van der Waals surface area contributed by atoms with E-state index in [1.165, 1.54) is 10.4 Å². The van der Waals surface area contributed by atoms with Gasteiger partial charge in [0.1, 0.15) is 0 Å². The van der Waals surface area contributed by atoms with Crippen LogP contribution in [0, 0.1) is 0 Å². The van der Waals surface area contributed by atoms with Crippen molar-refractivity contribution in [2.24, 2.45) is 0 Å². The van der Waals surface area contributed by atoms with Crippen molar-refractivity contribution in [1.82, 2.24) is 5.32 Å². The number of halogens is 1. The molecule has 1 heterocycles. The number of thiophene rings is 1. The average Bonchev–Trinajstić information content (AvgIpc) is 2.64. The largest absolute Gasteiger partial charge is 0.399 e. The Kier molecular flexibility index (Phi) is 3.83. The third kappa shape index (κ3) is 3.23. The fraction of sp³-hybridized carbons (Fsp3) is 0.167. The molecule has 0 aliphatic heterocycles. The van der Waals surface area contributed by atoms with E-state index in [0.717, 1.165) is 23.1 Å². The summed E-state index contributed by atoms with van der Waals surface area (Å²) in [5.41, 5.74) is 7.70. The van der Waals surface area contributed by atoms with Gasteiger partial charge in [0.05, 0.1) is 4.34 Å². The molecule has 0 aliphatic carbocycles. The highest BCUT2D eigenvalue weighted by Crippen LogP contribution is 2.21. The molecule has 0 amide bonds. The molecule has 0 bridgehead atoms. The van der Waals surface area contributed by atoms with Crippen LogP contribution in [-0.2, 0) is 13.1 Å². The van der Waals surface area contributed by atoms with E-state index in [4.69, 9.17) is 17.3 Å². The maximum Gasteiger partial charge on any atom is 0.0931 e. The molecule has 2 aromatic rings. The van der Waals surface area contributed by atoms with E-state index in [1.54, 1.807) is 11.3 Å². The van der Waals surface area contributed by atoms with Gasteiger partial charge in [0.25, 0.3) is 0 Å². The number of hydrogen-bond donors (Lipinski definition) is 2. The normalized spacial score (nSPS) is 10.6. The first kappa shape index (κ1) is 11.5. The molecule has 0 radical (unpaired) electrons. The lowest BCUT2D eigenvalue weighted by molar-refractivity contribution is 0.701. The van der Waals surface area contributed by atoms with Crippen LogP contribution in [0.4, 0.5) is 5.69 Å². The average molecular weight is 253 g/mol. The predicted molar refractivity (Wildman–Crippen MR) is 70.7 cm³/mol. The first-order valence-corrected chi connectivity index (χ1v) is 6.23. The smallest absolute Gasteiger partial charge is 0.0931 e. The van der Waals surface area contributed by atoms with Gasteiger partial charge in [0.2, 0.25) is 0 Å². The maximum absolute atomic E-state index is 5.85. The highest BCUT2D eigenvalue weighted by atomic mass is 35.5. The standard InChI is InChI=1S/C12H13ClN2S/c13-12-5-4-11(16-12)8-15-7-9-2-1-3-10(14)6-9/h1-6,15H,7-8,14H2. The highest BCUT2D eigenvalue weighted by Gasteiger charge is 1.98. The van der Waals surface area contributed by atoms with Crippen LogP contribution >= 0.6 is 22.9 Å². The molecule has 2 rings (SSSR count). The Labute approximate surface area is 104 Å². The highest BCUT2D eigenvalue weighted by molar-refractivity contribution is 7.16. The van der Waals surface area contributed by atoms with Crippen molar-refractivity contribution in [3.05, 3.63) is 51.2 Å². The Hall–Kier alpha value is -1.03. The van der Waals surface area contributed by atoms with Gasteiger partial charge in [-0.25, -0.2) is 0 Å². The summed E-state index contributed by atoms with van der Waals surface area (Å²) in [6.45, 7) is 1.66. The van der Waals surface area contributed by atoms with Gasteiger partial charge in [-0.2, -0.15) is 0 Å². The molecular formula is C12H13ClN2S. The molecule has 0 aliphatic rings. The van der Waals surface area contributed by atoms with Gasteiger partial charge in [-0.1, -0.05) is 23.7 Å². The van der Waals surface area contributed by atoms with Crippen LogP contribution in [0.5, 0.6) is 0 Å². The Bertz CT molecular complexity index is 468. The quantitative estimate of drug-likeness (QED) is 0.820. The number of benzene rings is 1. The molecule has 16 heavy (non-hydrogen) atoms. The second-order valence-corrected chi connectivity index (χ2v) is 5.35. The summed E-state index contributed by atoms with van der Waals surface area (Å²) >= 11 is 7.46. The van der Waals surface area contributed by atoms with E-state index in [-0.39, 0.29) is 0 Å². The lowest BCUT2D eigenvalue weighted by Crippen LogP contribution is -2.11. The topological polar surface area (TPSA) is 38.0 Å². The van der Waals surface area contributed by atoms with Gasteiger partial charge in [0, 0.05) is 23.7 Å². The molecule has 0 fully saturated rings. The molecule has 0 saturated carbocycles. The number of nitrogens with two attached hydrogens (primary N) is 1. The van der Waals surface area contributed by atoms with Gasteiger partial charge >= 0.3 is 0 Å². The van der Waals surface area contributed by atoms with E-state index < -0.39 is 0 Å². The van der Waals surface area contributed by atoms with Crippen molar-refractivity contribution in [2.45, 2.75) is 13.1 Å². The Morgan fingerprint density at radius 1 is 1.19 bits per heavy atom. The fourth-order valence-electron chi connectivity index (χ4n) is 1.48. The summed E-state index contributed by atoms with van der Waals surface area (Å²) in [6.07, 6.45) is 0. The first-order chi connectivity index (χ1) is 7.74. The van der Waals surface area contributed by atoms with Crippen LogP contribution < -0.4 is 11.1 Å². The SMILES string of the molecule is Nc1cccc(CNCc2ccc(Cl)s2)c1. The number of nitrogen functional groups attached to an aromatic ring is 1. The third-order valence-corrected chi connectivity index (χ3v) is 3.44. The van der Waals surface area contributed by atoms with Gasteiger partial charge in [0.15, 0.2) is 0 Å². The zero-order valence-corrected chi connectivity index (χ0v) is 10.3. The van der Waals surface area contributed by atoms with Crippen molar-refractivity contribution >= 4 is 28.6 Å². The van der Waals surface area contributed by atoms with Gasteiger partial charge in [-0.05, 0) is 29.8 Å². The van der Waals surface area contributed by atoms with Crippen molar-refractivity contribution in [1.29, 1.82) is 0 Å². The molecule has 3 N–H and O–H groups in total. The van der Waals surface area contributed by atoms with E-state index >= 15 is 0 Å². The van der Waals surface area contributed by atoms with Crippen molar-refractivity contribution in [2.75, 3.05) is 5.73 Å². The first-order valence-electron chi connectivity index (χ1n) is 5.03. The van der Waals surface area contributed by atoms with Gasteiger partial charge in [-0.3, -0.25) is 0 Å². The predicted octanol–water partition coefficient (Wildman–Crippen LogP) is 3.27. The van der Waals surface area contributed by atoms with E-state index in [9.17, 15) is 0 Å². The van der Waals surface area contributed by atoms with Crippen LogP contribution in [0.3, 0.4) is 0 Å². The van der Waals surface area contributed by atoms with Crippen molar-refractivity contribution < 1.29 is 0 Å². The third-order valence-electron chi connectivity index (χ3n) is 2.21. The van der Waals surface area contributed by atoms with Crippen LogP contribution in [0.2, 0.25) is 4.34 Å². The zero-order chi connectivity index (χ0) is 11.4. The van der Waals surface area contributed by atoms with Crippen LogP contribution in [0.15, 0.2) is 36.4 Å². The lowest BCUT2D eigenvalue weighted by Gasteiger charge is -2.04. The van der Waals surface area contributed by atoms with Gasteiger partial charge < -0.3 is 11.1 Å². The zero-order valence-electron chi connectivity index (χ0n) is 8.74. The number of rotatable bonds is 4. The van der Waals surface area contributed by atoms with Crippen LogP contribution in [0.1, 0.15) is 10.4 Å². The minimum absolute atomic E-state index is 0.804. The Morgan fingerprint density at radius 3 is 2.75 bits per heavy atom. The summed E-state index contributed by atoms with van der Waals surface area (Å²) in [5.74, 6) is 0. The van der Waals surface area contributed by atoms with E-state index in [0.29, 0.717) is 0 Å². The minimum atomic E-state index is 0.804.